The summed E-state index contributed by atoms with van der Waals surface area (Å²) in [7, 11) is 0. The van der Waals surface area contributed by atoms with E-state index in [2.05, 4.69) is 22.8 Å². The number of hydrogen-bond donors (Lipinski definition) is 4. The van der Waals surface area contributed by atoms with Gasteiger partial charge in [0.2, 0.25) is 5.91 Å². The quantitative estimate of drug-likeness (QED) is 0.470. The zero-order chi connectivity index (χ0) is 22.1. The largest absolute Gasteiger partial charge is 0.481 e. The predicted octanol–water partition coefficient (Wildman–Crippen LogP) is 3.22. The number of carbonyl (C=O) groups excluding carboxylic acids is 1. The normalized spacial score (nSPS) is 19.4. The molecule has 0 saturated heterocycles. The van der Waals surface area contributed by atoms with E-state index in [1.807, 2.05) is 42.5 Å². The van der Waals surface area contributed by atoms with Crippen LogP contribution in [-0.2, 0) is 22.4 Å². The molecule has 166 valence electrons. The molecule has 1 atom stereocenters. The molecule has 31 heavy (non-hydrogen) atoms. The highest BCUT2D eigenvalue weighted by Gasteiger charge is 2.27. The van der Waals surface area contributed by atoms with Crippen LogP contribution < -0.4 is 16.4 Å². The Kier molecular flexibility index (Phi) is 8.47. The summed E-state index contributed by atoms with van der Waals surface area (Å²) in [6, 6.07) is 17.5. The van der Waals surface area contributed by atoms with Crippen LogP contribution in [0.3, 0.4) is 0 Å². The van der Waals surface area contributed by atoms with Gasteiger partial charge in [-0.05, 0) is 67.8 Å². The fraction of sp³-hybridized carbons (Fsp3) is 0.440. The Morgan fingerprint density at radius 2 is 1.65 bits per heavy atom. The molecule has 0 spiro atoms. The summed E-state index contributed by atoms with van der Waals surface area (Å²) in [5, 5.41) is 15.6. The highest BCUT2D eigenvalue weighted by Crippen LogP contribution is 2.28. The summed E-state index contributed by atoms with van der Waals surface area (Å²) in [5.74, 6) is -0.0897. The number of benzene rings is 2. The van der Waals surface area contributed by atoms with Gasteiger partial charge in [-0.2, -0.15) is 0 Å². The number of hydrogen-bond acceptors (Lipinski definition) is 4. The number of anilines is 1. The van der Waals surface area contributed by atoms with E-state index < -0.39 is 5.97 Å². The lowest BCUT2D eigenvalue weighted by molar-refractivity contribution is -0.136. The summed E-state index contributed by atoms with van der Waals surface area (Å²) in [6.07, 6.45) is 4.63. The number of carboxylic acid groups (broad SMARTS) is 1. The van der Waals surface area contributed by atoms with E-state index in [9.17, 15) is 9.59 Å². The van der Waals surface area contributed by atoms with E-state index in [0.29, 0.717) is 19.0 Å². The second-order valence-corrected chi connectivity index (χ2v) is 8.50. The van der Waals surface area contributed by atoms with Crippen molar-refractivity contribution in [3.8, 4) is 0 Å². The van der Waals surface area contributed by atoms with Crippen molar-refractivity contribution in [3.05, 3.63) is 65.7 Å². The fourth-order valence-electron chi connectivity index (χ4n) is 4.21. The van der Waals surface area contributed by atoms with Crippen molar-refractivity contribution in [1.82, 2.24) is 5.32 Å². The topological polar surface area (TPSA) is 104 Å². The van der Waals surface area contributed by atoms with Gasteiger partial charge in [0.25, 0.3) is 0 Å². The van der Waals surface area contributed by atoms with Crippen LogP contribution in [0.1, 0.15) is 36.8 Å². The van der Waals surface area contributed by atoms with E-state index in [1.54, 1.807) is 0 Å². The maximum absolute atomic E-state index is 12.9. The molecule has 2 aromatic rings. The van der Waals surface area contributed by atoms with E-state index in [4.69, 9.17) is 10.8 Å². The highest BCUT2D eigenvalue weighted by molar-refractivity contribution is 5.79. The second-order valence-electron chi connectivity index (χ2n) is 8.50. The molecule has 0 bridgehead atoms. The molecule has 3 rings (SSSR count). The Labute approximate surface area is 184 Å². The molecular formula is C25H33N3O3. The highest BCUT2D eigenvalue weighted by atomic mass is 16.4. The minimum atomic E-state index is -0.841. The summed E-state index contributed by atoms with van der Waals surface area (Å²) in [4.78, 5) is 23.8. The number of carboxylic acids is 1. The van der Waals surface area contributed by atoms with Crippen molar-refractivity contribution in [1.29, 1.82) is 0 Å². The SMILES string of the molecule is NCC1CCC(C(=O)N[C@@H](CNc2ccc(CC(=O)O)cc2)Cc2ccccc2)CC1. The lowest BCUT2D eigenvalue weighted by atomic mass is 9.81. The van der Waals surface area contributed by atoms with Crippen molar-refractivity contribution in [2.24, 2.45) is 17.6 Å². The number of amides is 1. The van der Waals surface area contributed by atoms with Crippen molar-refractivity contribution < 1.29 is 14.7 Å². The average Bonchev–Trinajstić information content (AvgIpc) is 2.79. The van der Waals surface area contributed by atoms with Gasteiger partial charge in [-0.25, -0.2) is 0 Å². The van der Waals surface area contributed by atoms with Crippen molar-refractivity contribution in [2.45, 2.75) is 44.6 Å². The fourth-order valence-corrected chi connectivity index (χ4v) is 4.21. The molecule has 1 amide bonds. The van der Waals surface area contributed by atoms with Crippen LogP contribution in [0.5, 0.6) is 0 Å². The molecule has 0 aliphatic heterocycles. The lowest BCUT2D eigenvalue weighted by Crippen LogP contribution is -2.44. The Morgan fingerprint density at radius 3 is 2.26 bits per heavy atom. The number of nitrogens with two attached hydrogens (primary N) is 1. The van der Waals surface area contributed by atoms with Crippen molar-refractivity contribution >= 4 is 17.6 Å². The first-order valence-electron chi connectivity index (χ1n) is 11.1. The summed E-state index contributed by atoms with van der Waals surface area (Å²) in [6.45, 7) is 1.30. The Morgan fingerprint density at radius 1 is 0.968 bits per heavy atom. The molecule has 6 nitrogen and oxygen atoms in total. The third kappa shape index (κ3) is 7.40. The number of carbonyl (C=O) groups is 2. The van der Waals surface area contributed by atoms with Gasteiger partial charge in [0.1, 0.15) is 0 Å². The van der Waals surface area contributed by atoms with Gasteiger partial charge in [-0.3, -0.25) is 9.59 Å². The molecule has 5 N–H and O–H groups in total. The first-order valence-corrected chi connectivity index (χ1v) is 11.1. The first kappa shape index (κ1) is 22.8. The van der Waals surface area contributed by atoms with Gasteiger partial charge in [-0.15, -0.1) is 0 Å². The van der Waals surface area contributed by atoms with Gasteiger partial charge in [0, 0.05) is 18.2 Å². The van der Waals surface area contributed by atoms with Crippen LogP contribution in [-0.4, -0.2) is 36.1 Å². The standard InChI is InChI=1S/C25H33N3O3/c26-16-20-6-10-21(11-7-20)25(31)28-23(14-18-4-2-1-3-5-18)17-27-22-12-8-19(9-13-22)15-24(29)30/h1-5,8-9,12-13,20-21,23,27H,6-7,10-11,14-17,26H2,(H,28,31)(H,29,30)/t20?,21?,23-/m1/s1. The summed E-state index contributed by atoms with van der Waals surface area (Å²) < 4.78 is 0. The van der Waals surface area contributed by atoms with Crippen LogP contribution in [0, 0.1) is 11.8 Å². The van der Waals surface area contributed by atoms with Gasteiger partial charge < -0.3 is 21.5 Å². The molecule has 2 aromatic carbocycles. The van der Waals surface area contributed by atoms with E-state index in [0.717, 1.165) is 43.4 Å². The summed E-state index contributed by atoms with van der Waals surface area (Å²) >= 11 is 0. The molecule has 1 fully saturated rings. The van der Waals surface area contributed by atoms with Crippen molar-refractivity contribution in [2.75, 3.05) is 18.4 Å². The van der Waals surface area contributed by atoms with Crippen LogP contribution in [0.2, 0.25) is 0 Å². The average molecular weight is 424 g/mol. The smallest absolute Gasteiger partial charge is 0.307 e. The minimum Gasteiger partial charge on any atom is -0.481 e. The number of aliphatic carboxylic acids is 1. The molecule has 1 saturated carbocycles. The Balaban J connectivity index is 1.59. The number of nitrogens with one attached hydrogen (secondary N) is 2. The molecule has 0 heterocycles. The van der Waals surface area contributed by atoms with Crippen LogP contribution in [0.4, 0.5) is 5.69 Å². The van der Waals surface area contributed by atoms with Gasteiger partial charge in [-0.1, -0.05) is 42.5 Å². The first-order chi connectivity index (χ1) is 15.0. The van der Waals surface area contributed by atoms with Crippen molar-refractivity contribution in [3.63, 3.8) is 0 Å². The monoisotopic (exact) mass is 423 g/mol. The minimum absolute atomic E-state index is 0.0133. The zero-order valence-electron chi connectivity index (χ0n) is 17.9. The van der Waals surface area contributed by atoms with Gasteiger partial charge in [0.05, 0.1) is 12.5 Å². The molecular weight excluding hydrogens is 390 g/mol. The van der Waals surface area contributed by atoms with Crippen LogP contribution in [0.25, 0.3) is 0 Å². The van der Waals surface area contributed by atoms with Gasteiger partial charge >= 0.3 is 5.97 Å². The number of rotatable bonds is 10. The third-order valence-corrected chi connectivity index (χ3v) is 6.08. The second kappa shape index (κ2) is 11.5. The Hall–Kier alpha value is -2.86. The van der Waals surface area contributed by atoms with E-state index >= 15 is 0 Å². The lowest BCUT2D eigenvalue weighted by Gasteiger charge is -2.29. The maximum Gasteiger partial charge on any atom is 0.307 e. The van der Waals surface area contributed by atoms with Crippen LogP contribution in [0.15, 0.2) is 54.6 Å². The molecule has 0 aromatic heterocycles. The molecule has 1 aliphatic carbocycles. The third-order valence-electron chi connectivity index (χ3n) is 6.08. The van der Waals surface area contributed by atoms with E-state index in [-0.39, 0.29) is 24.3 Å². The zero-order valence-corrected chi connectivity index (χ0v) is 17.9. The molecule has 6 heteroatoms. The van der Waals surface area contributed by atoms with Gasteiger partial charge in [0.15, 0.2) is 0 Å². The molecule has 0 unspecified atom stereocenters. The molecule has 0 radical (unpaired) electrons. The summed E-state index contributed by atoms with van der Waals surface area (Å²) in [5.41, 5.74) is 8.63. The maximum atomic E-state index is 12.9. The van der Waals surface area contributed by atoms with Crippen LogP contribution >= 0.6 is 0 Å². The van der Waals surface area contributed by atoms with E-state index in [1.165, 1.54) is 5.56 Å². The molecule has 1 aliphatic rings. The Bertz CT molecular complexity index is 831. The predicted molar refractivity (Wildman–Crippen MR) is 123 cm³/mol.